The summed E-state index contributed by atoms with van der Waals surface area (Å²) >= 11 is 1.81. The number of hydrogen-bond acceptors (Lipinski definition) is 3. The van der Waals surface area contributed by atoms with Gasteiger partial charge >= 0.3 is 0 Å². The standard InChI is InChI=1S/C32H20N2S/c1-2-9-22(10-3-1)30-24-12-4-5-13-25(24)32(31-26-14-6-7-15-28(26)34-20-27(30)31)35-23-17-16-21-11-8-18-33-29(21)19-23/h1-20H. The molecule has 0 radical (unpaired) electrons. The maximum absolute atomic E-state index is 4.87. The minimum absolute atomic E-state index is 1.01. The summed E-state index contributed by atoms with van der Waals surface area (Å²) in [6.07, 6.45) is 3.91. The summed E-state index contributed by atoms with van der Waals surface area (Å²) < 4.78 is 0. The van der Waals surface area contributed by atoms with Crippen LogP contribution < -0.4 is 0 Å². The molecule has 0 spiro atoms. The van der Waals surface area contributed by atoms with E-state index in [0.29, 0.717) is 0 Å². The monoisotopic (exact) mass is 464 g/mol. The van der Waals surface area contributed by atoms with Crippen LogP contribution in [0.1, 0.15) is 0 Å². The van der Waals surface area contributed by atoms with Crippen molar-refractivity contribution >= 4 is 55.1 Å². The van der Waals surface area contributed by atoms with Crippen molar-refractivity contribution in [2.45, 2.75) is 9.79 Å². The van der Waals surface area contributed by atoms with Gasteiger partial charge in [0, 0.05) is 43.7 Å². The van der Waals surface area contributed by atoms with Crippen molar-refractivity contribution in [3.63, 3.8) is 0 Å². The number of hydrogen-bond donors (Lipinski definition) is 0. The van der Waals surface area contributed by atoms with Gasteiger partial charge in [-0.2, -0.15) is 0 Å². The molecule has 2 heterocycles. The van der Waals surface area contributed by atoms with E-state index in [1.165, 1.54) is 47.8 Å². The van der Waals surface area contributed by atoms with Crippen molar-refractivity contribution in [2.75, 3.05) is 0 Å². The van der Waals surface area contributed by atoms with E-state index in [2.05, 4.69) is 114 Å². The molecule has 5 aromatic carbocycles. The Bertz CT molecular complexity index is 1880. The maximum Gasteiger partial charge on any atom is 0.0713 e. The van der Waals surface area contributed by atoms with E-state index in [0.717, 1.165) is 16.4 Å². The molecule has 0 unspecified atom stereocenters. The maximum atomic E-state index is 4.87. The first-order valence-corrected chi connectivity index (χ1v) is 12.5. The van der Waals surface area contributed by atoms with E-state index in [4.69, 9.17) is 4.98 Å². The average molecular weight is 465 g/mol. The zero-order valence-electron chi connectivity index (χ0n) is 18.8. The summed E-state index contributed by atoms with van der Waals surface area (Å²) in [5.41, 5.74) is 4.46. The molecule has 35 heavy (non-hydrogen) atoms. The van der Waals surface area contributed by atoms with Gasteiger partial charge in [-0.1, -0.05) is 96.7 Å². The molecule has 2 nitrogen and oxygen atoms in total. The molecule has 0 saturated heterocycles. The Morgan fingerprint density at radius 2 is 1.31 bits per heavy atom. The van der Waals surface area contributed by atoms with Crippen molar-refractivity contribution in [1.82, 2.24) is 9.97 Å². The summed E-state index contributed by atoms with van der Waals surface area (Å²) in [5, 5.41) is 7.25. The Morgan fingerprint density at radius 3 is 2.20 bits per heavy atom. The second-order valence-electron chi connectivity index (χ2n) is 8.64. The molecule has 0 aliphatic carbocycles. The quantitative estimate of drug-likeness (QED) is 0.193. The van der Waals surface area contributed by atoms with E-state index in [9.17, 15) is 0 Å². The Hall–Kier alpha value is -4.21. The van der Waals surface area contributed by atoms with Crippen molar-refractivity contribution < 1.29 is 0 Å². The molecule has 0 atom stereocenters. The smallest absolute Gasteiger partial charge is 0.0713 e. The first-order chi connectivity index (χ1) is 17.4. The van der Waals surface area contributed by atoms with E-state index in [1.54, 1.807) is 0 Å². The number of aromatic nitrogens is 2. The lowest BCUT2D eigenvalue weighted by molar-refractivity contribution is 1.37. The lowest BCUT2D eigenvalue weighted by Crippen LogP contribution is -1.92. The molecular weight excluding hydrogens is 444 g/mol. The van der Waals surface area contributed by atoms with Gasteiger partial charge in [0.1, 0.15) is 0 Å². The lowest BCUT2D eigenvalue weighted by atomic mass is 9.91. The number of fused-ring (bicyclic) bond motifs is 5. The van der Waals surface area contributed by atoms with E-state index in [-0.39, 0.29) is 0 Å². The number of rotatable bonds is 3. The van der Waals surface area contributed by atoms with Crippen LogP contribution in [-0.4, -0.2) is 9.97 Å². The fourth-order valence-electron chi connectivity index (χ4n) is 5.00. The van der Waals surface area contributed by atoms with Gasteiger partial charge in [-0.25, -0.2) is 0 Å². The minimum atomic E-state index is 1.01. The number of benzene rings is 5. The van der Waals surface area contributed by atoms with E-state index >= 15 is 0 Å². The van der Waals surface area contributed by atoms with E-state index in [1.807, 2.05) is 24.0 Å². The third-order valence-electron chi connectivity index (χ3n) is 6.57. The molecule has 7 aromatic rings. The third kappa shape index (κ3) is 3.36. The van der Waals surface area contributed by atoms with E-state index < -0.39 is 0 Å². The normalized spacial score (nSPS) is 11.5. The third-order valence-corrected chi connectivity index (χ3v) is 7.69. The minimum Gasteiger partial charge on any atom is -0.256 e. The summed E-state index contributed by atoms with van der Waals surface area (Å²) in [7, 11) is 0. The number of nitrogens with zero attached hydrogens (tertiary/aromatic N) is 2. The van der Waals surface area contributed by atoms with Crippen molar-refractivity contribution in [2.24, 2.45) is 0 Å². The number of para-hydroxylation sites is 1. The predicted molar refractivity (Wildman–Crippen MR) is 148 cm³/mol. The van der Waals surface area contributed by atoms with Gasteiger partial charge in [0.15, 0.2) is 0 Å². The molecular formula is C32H20N2S. The van der Waals surface area contributed by atoms with Crippen LogP contribution in [0.4, 0.5) is 0 Å². The van der Waals surface area contributed by atoms with Crippen LogP contribution in [0.25, 0.3) is 54.5 Å². The molecule has 164 valence electrons. The Labute approximate surface area is 207 Å². The zero-order chi connectivity index (χ0) is 23.2. The van der Waals surface area contributed by atoms with Gasteiger partial charge in [0.25, 0.3) is 0 Å². The summed E-state index contributed by atoms with van der Waals surface area (Å²) in [6, 6.07) is 38.5. The van der Waals surface area contributed by atoms with Gasteiger partial charge in [-0.3, -0.25) is 9.97 Å². The van der Waals surface area contributed by atoms with Crippen molar-refractivity contribution in [1.29, 1.82) is 0 Å². The zero-order valence-corrected chi connectivity index (χ0v) is 19.7. The van der Waals surface area contributed by atoms with Crippen LogP contribution in [0.2, 0.25) is 0 Å². The van der Waals surface area contributed by atoms with Crippen LogP contribution in [0.3, 0.4) is 0 Å². The molecule has 7 rings (SSSR count). The molecule has 0 bridgehead atoms. The highest BCUT2D eigenvalue weighted by atomic mass is 32.2. The molecule has 0 N–H and O–H groups in total. The summed E-state index contributed by atoms with van der Waals surface area (Å²) in [5.74, 6) is 0. The van der Waals surface area contributed by atoms with Crippen LogP contribution in [0.5, 0.6) is 0 Å². The molecule has 0 saturated carbocycles. The van der Waals surface area contributed by atoms with Crippen molar-refractivity contribution in [3.8, 4) is 11.1 Å². The SMILES string of the molecule is c1ccc(-c2c3ccccc3c(Sc3ccc4cccnc4c3)c3c2cnc2ccccc23)cc1. The summed E-state index contributed by atoms with van der Waals surface area (Å²) in [4.78, 5) is 11.9. The molecule has 3 heteroatoms. The molecule has 0 aliphatic rings. The van der Waals surface area contributed by atoms with Crippen molar-refractivity contribution in [3.05, 3.63) is 122 Å². The Balaban J connectivity index is 1.61. The fraction of sp³-hybridized carbons (Fsp3) is 0. The Morgan fingerprint density at radius 1 is 0.543 bits per heavy atom. The van der Waals surface area contributed by atoms with Crippen LogP contribution in [-0.2, 0) is 0 Å². The highest BCUT2D eigenvalue weighted by Crippen LogP contribution is 2.47. The average Bonchev–Trinajstić information content (AvgIpc) is 2.93. The first kappa shape index (κ1) is 20.2. The molecule has 0 amide bonds. The first-order valence-electron chi connectivity index (χ1n) is 11.7. The molecule has 0 fully saturated rings. The molecule has 0 aliphatic heterocycles. The van der Waals surface area contributed by atoms with Gasteiger partial charge < -0.3 is 0 Å². The topological polar surface area (TPSA) is 25.8 Å². The predicted octanol–water partition coefficient (Wildman–Crippen LogP) is 8.91. The summed E-state index contributed by atoms with van der Waals surface area (Å²) in [6.45, 7) is 0. The van der Waals surface area contributed by atoms with Gasteiger partial charge in [-0.15, -0.1) is 0 Å². The molecule has 2 aromatic heterocycles. The van der Waals surface area contributed by atoms with Gasteiger partial charge in [-0.05, 0) is 46.2 Å². The van der Waals surface area contributed by atoms with Gasteiger partial charge in [0.2, 0.25) is 0 Å². The highest BCUT2D eigenvalue weighted by Gasteiger charge is 2.18. The lowest BCUT2D eigenvalue weighted by Gasteiger charge is -2.18. The highest BCUT2D eigenvalue weighted by molar-refractivity contribution is 7.99. The largest absolute Gasteiger partial charge is 0.256 e. The van der Waals surface area contributed by atoms with Gasteiger partial charge in [0.05, 0.1) is 11.0 Å². The fourth-order valence-corrected chi connectivity index (χ4v) is 6.16. The van der Waals surface area contributed by atoms with Crippen LogP contribution in [0, 0.1) is 0 Å². The number of pyridine rings is 2. The van der Waals surface area contributed by atoms with Crippen LogP contribution >= 0.6 is 11.8 Å². The van der Waals surface area contributed by atoms with Crippen LogP contribution in [0.15, 0.2) is 131 Å². The second kappa shape index (κ2) is 8.23. The Kier molecular flexibility index (Phi) is 4.74. The second-order valence-corrected chi connectivity index (χ2v) is 9.72.